The van der Waals surface area contributed by atoms with E-state index in [0.717, 1.165) is 12.2 Å². The van der Waals surface area contributed by atoms with Crippen LogP contribution >= 0.6 is 11.6 Å². The van der Waals surface area contributed by atoms with Gasteiger partial charge in [0.15, 0.2) is 0 Å². The lowest BCUT2D eigenvalue weighted by Gasteiger charge is -2.26. The lowest BCUT2D eigenvalue weighted by atomic mass is 9.94. The van der Waals surface area contributed by atoms with Gasteiger partial charge >= 0.3 is 0 Å². The van der Waals surface area contributed by atoms with E-state index in [-0.39, 0.29) is 6.29 Å². The number of halogens is 1. The molecule has 1 heterocycles. The first-order valence-corrected chi connectivity index (χ1v) is 6.98. The molecule has 102 valence electrons. The van der Waals surface area contributed by atoms with Crippen molar-refractivity contribution in [3.05, 3.63) is 77.5 Å². The largest absolute Gasteiger partial charge is 0.463 e. The number of allylic oxidation sites excluding steroid dienone is 1. The van der Waals surface area contributed by atoms with Gasteiger partial charge in [0.1, 0.15) is 5.75 Å². The van der Waals surface area contributed by atoms with Gasteiger partial charge in [-0.05, 0) is 35.9 Å². The van der Waals surface area contributed by atoms with Gasteiger partial charge in [-0.25, -0.2) is 0 Å². The van der Waals surface area contributed by atoms with Crippen LogP contribution in [0.5, 0.6) is 5.75 Å². The van der Waals surface area contributed by atoms with Crippen LogP contribution in [0.4, 0.5) is 0 Å². The summed E-state index contributed by atoms with van der Waals surface area (Å²) in [7, 11) is 0. The third kappa shape index (κ3) is 3.14. The Kier molecular flexibility index (Phi) is 3.93. The third-order valence-corrected chi connectivity index (χ3v) is 3.55. The Morgan fingerprint density at radius 1 is 1.00 bits per heavy atom. The normalized spacial score (nSPS) is 21.2. The zero-order valence-electron chi connectivity index (χ0n) is 10.9. The highest BCUT2D eigenvalue weighted by Gasteiger charge is 2.21. The van der Waals surface area contributed by atoms with Crippen molar-refractivity contribution >= 4 is 11.6 Å². The topological polar surface area (TPSA) is 18.5 Å². The van der Waals surface area contributed by atoms with Gasteiger partial charge in [0.2, 0.25) is 6.29 Å². The van der Waals surface area contributed by atoms with Gasteiger partial charge in [-0.15, -0.1) is 0 Å². The van der Waals surface area contributed by atoms with E-state index in [1.807, 2.05) is 42.5 Å². The monoisotopic (exact) mass is 286 g/mol. The second-order valence-electron chi connectivity index (χ2n) is 4.72. The van der Waals surface area contributed by atoms with Gasteiger partial charge in [0, 0.05) is 17.4 Å². The summed E-state index contributed by atoms with van der Waals surface area (Å²) in [4.78, 5) is 0. The second kappa shape index (κ2) is 6.02. The zero-order chi connectivity index (χ0) is 13.8. The number of hydrogen-bond acceptors (Lipinski definition) is 2. The molecule has 2 aromatic rings. The van der Waals surface area contributed by atoms with Gasteiger partial charge in [0.05, 0.1) is 6.26 Å². The minimum Gasteiger partial charge on any atom is -0.463 e. The van der Waals surface area contributed by atoms with Gasteiger partial charge < -0.3 is 9.47 Å². The Hall–Kier alpha value is -1.93. The predicted molar refractivity (Wildman–Crippen MR) is 79.9 cm³/mol. The zero-order valence-corrected chi connectivity index (χ0v) is 11.7. The summed E-state index contributed by atoms with van der Waals surface area (Å²) in [6.07, 6.45) is 4.31. The Morgan fingerprint density at radius 3 is 2.50 bits per heavy atom. The number of hydrogen-bond donors (Lipinski definition) is 0. The number of benzene rings is 2. The quantitative estimate of drug-likeness (QED) is 0.810. The first-order chi connectivity index (χ1) is 9.81. The van der Waals surface area contributed by atoms with Gasteiger partial charge in [-0.1, -0.05) is 41.9 Å². The predicted octanol–water partition coefficient (Wildman–Crippen LogP) is 4.76. The fraction of sp³-hybridized carbons (Fsp3) is 0.176. The van der Waals surface area contributed by atoms with Crippen LogP contribution in [0.15, 0.2) is 66.9 Å². The molecule has 0 saturated heterocycles. The summed E-state index contributed by atoms with van der Waals surface area (Å²) in [5, 5.41) is 0.698. The molecule has 2 unspecified atom stereocenters. The van der Waals surface area contributed by atoms with Crippen molar-refractivity contribution in [2.45, 2.75) is 18.6 Å². The van der Waals surface area contributed by atoms with Crippen LogP contribution in [0.25, 0.3) is 0 Å². The molecule has 0 aliphatic carbocycles. The molecule has 0 aromatic heterocycles. The van der Waals surface area contributed by atoms with E-state index in [0.29, 0.717) is 10.9 Å². The van der Waals surface area contributed by atoms with Crippen LogP contribution in [-0.4, -0.2) is 6.29 Å². The van der Waals surface area contributed by atoms with E-state index in [4.69, 9.17) is 21.1 Å². The fourth-order valence-electron chi connectivity index (χ4n) is 2.26. The summed E-state index contributed by atoms with van der Waals surface area (Å²) in [6.45, 7) is 0. The molecule has 20 heavy (non-hydrogen) atoms. The van der Waals surface area contributed by atoms with Crippen LogP contribution < -0.4 is 4.74 Å². The van der Waals surface area contributed by atoms with Gasteiger partial charge in [-0.3, -0.25) is 0 Å². The summed E-state index contributed by atoms with van der Waals surface area (Å²) in [5.41, 5.74) is 1.27. The minimum atomic E-state index is -0.272. The fourth-order valence-corrected chi connectivity index (χ4v) is 2.38. The Morgan fingerprint density at radius 2 is 1.75 bits per heavy atom. The van der Waals surface area contributed by atoms with Crippen molar-refractivity contribution in [2.24, 2.45) is 0 Å². The maximum Gasteiger partial charge on any atom is 0.241 e. The molecule has 0 bridgehead atoms. The molecule has 1 aliphatic heterocycles. The highest BCUT2D eigenvalue weighted by atomic mass is 35.5. The van der Waals surface area contributed by atoms with E-state index in [1.54, 1.807) is 6.26 Å². The van der Waals surface area contributed by atoms with Gasteiger partial charge in [0.25, 0.3) is 0 Å². The van der Waals surface area contributed by atoms with E-state index < -0.39 is 0 Å². The van der Waals surface area contributed by atoms with Crippen LogP contribution in [0, 0.1) is 0 Å². The van der Waals surface area contributed by atoms with E-state index in [1.165, 1.54) is 5.56 Å². The SMILES string of the molecule is Clc1ccc(OC2CC(c3ccccc3)C=CO2)cc1. The molecule has 1 aliphatic rings. The number of ether oxygens (including phenoxy) is 2. The molecule has 0 amide bonds. The molecule has 2 aromatic carbocycles. The van der Waals surface area contributed by atoms with E-state index in [9.17, 15) is 0 Å². The molecule has 3 heteroatoms. The lowest BCUT2D eigenvalue weighted by Crippen LogP contribution is -2.23. The molecule has 3 rings (SSSR count). The average molecular weight is 287 g/mol. The van der Waals surface area contributed by atoms with E-state index in [2.05, 4.69) is 18.2 Å². The van der Waals surface area contributed by atoms with Crippen molar-refractivity contribution in [1.29, 1.82) is 0 Å². The molecular weight excluding hydrogens is 272 g/mol. The lowest BCUT2D eigenvalue weighted by molar-refractivity contribution is -0.0455. The third-order valence-electron chi connectivity index (χ3n) is 3.30. The van der Waals surface area contributed by atoms with Crippen LogP contribution in [-0.2, 0) is 4.74 Å². The molecule has 0 radical (unpaired) electrons. The van der Waals surface area contributed by atoms with Crippen LogP contribution in [0.2, 0.25) is 5.02 Å². The minimum absolute atomic E-state index is 0.272. The molecule has 0 spiro atoms. The van der Waals surface area contributed by atoms with Gasteiger partial charge in [-0.2, -0.15) is 0 Å². The first-order valence-electron chi connectivity index (χ1n) is 6.60. The maximum atomic E-state index is 5.86. The van der Waals surface area contributed by atoms with Crippen molar-refractivity contribution in [2.75, 3.05) is 0 Å². The Bertz CT molecular complexity index is 578. The number of rotatable bonds is 3. The summed E-state index contributed by atoms with van der Waals surface area (Å²) >= 11 is 5.86. The molecule has 2 nitrogen and oxygen atoms in total. The molecule has 0 N–H and O–H groups in total. The second-order valence-corrected chi connectivity index (χ2v) is 5.16. The van der Waals surface area contributed by atoms with Crippen molar-refractivity contribution in [3.63, 3.8) is 0 Å². The highest BCUT2D eigenvalue weighted by molar-refractivity contribution is 6.30. The van der Waals surface area contributed by atoms with Crippen LogP contribution in [0.1, 0.15) is 17.9 Å². The standard InChI is InChI=1S/C17H15ClO2/c18-15-6-8-16(9-7-15)20-17-12-14(10-11-19-17)13-4-2-1-3-5-13/h1-11,14,17H,12H2. The first kappa shape index (κ1) is 13.1. The maximum absolute atomic E-state index is 5.86. The van der Waals surface area contributed by atoms with Crippen molar-refractivity contribution in [1.82, 2.24) is 0 Å². The summed E-state index contributed by atoms with van der Waals surface area (Å²) in [5.74, 6) is 1.09. The average Bonchev–Trinajstić information content (AvgIpc) is 2.51. The Balaban J connectivity index is 1.68. The molecule has 0 saturated carbocycles. The van der Waals surface area contributed by atoms with Crippen molar-refractivity contribution < 1.29 is 9.47 Å². The molecule has 2 atom stereocenters. The highest BCUT2D eigenvalue weighted by Crippen LogP contribution is 2.29. The van der Waals surface area contributed by atoms with E-state index >= 15 is 0 Å². The molecular formula is C17H15ClO2. The smallest absolute Gasteiger partial charge is 0.241 e. The van der Waals surface area contributed by atoms with Crippen molar-refractivity contribution in [3.8, 4) is 5.75 Å². The summed E-state index contributed by atoms with van der Waals surface area (Å²) in [6, 6.07) is 17.7. The Labute approximate surface area is 123 Å². The van der Waals surface area contributed by atoms with Crippen LogP contribution in [0.3, 0.4) is 0 Å². The summed E-state index contributed by atoms with van der Waals surface area (Å²) < 4.78 is 11.4. The molecule has 0 fully saturated rings.